The summed E-state index contributed by atoms with van der Waals surface area (Å²) in [7, 11) is 0. The van der Waals surface area contributed by atoms with Crippen molar-refractivity contribution in [1.29, 1.82) is 0 Å². The van der Waals surface area contributed by atoms with Crippen LogP contribution in [0.1, 0.15) is 22.3 Å². The highest BCUT2D eigenvalue weighted by atomic mass is 32.1. The summed E-state index contributed by atoms with van der Waals surface area (Å²) in [4.78, 5) is 15.3. The molecule has 1 aliphatic carbocycles. The smallest absolute Gasteiger partial charge is 0.164 e. The SMILES string of the molecule is c1ccc(-c2nc(-c3ccccc3)nc(-c3cccc4sc5ccc(-c6ccc7c(c6)c6ccccc6n7-c6ccc7c(c6)-c6ccccc6C7(c6ccccc6)c6ccccc6)cc5c34)n2)cc1. The summed E-state index contributed by atoms with van der Waals surface area (Å²) in [5.41, 5.74) is 16.0. The van der Waals surface area contributed by atoms with Gasteiger partial charge in [-0.3, -0.25) is 0 Å². The fraction of sp³-hybridized carbons (Fsp3) is 0.0156. The third-order valence-electron chi connectivity index (χ3n) is 14.1. The number of fused-ring (bicyclic) bond motifs is 9. The molecule has 0 saturated heterocycles. The fourth-order valence-corrected chi connectivity index (χ4v) is 12.2. The van der Waals surface area contributed by atoms with Crippen molar-refractivity contribution in [2.75, 3.05) is 0 Å². The van der Waals surface area contributed by atoms with Gasteiger partial charge in [-0.05, 0) is 93.0 Å². The van der Waals surface area contributed by atoms with Gasteiger partial charge in [0.1, 0.15) is 0 Å². The van der Waals surface area contributed by atoms with Gasteiger partial charge in [0, 0.05) is 53.3 Å². The maximum Gasteiger partial charge on any atom is 0.164 e. The van der Waals surface area contributed by atoms with E-state index in [2.05, 4.69) is 211 Å². The average Bonchev–Trinajstić information content (AvgIpc) is 4.07. The van der Waals surface area contributed by atoms with Crippen LogP contribution in [0, 0.1) is 0 Å². The van der Waals surface area contributed by atoms with E-state index in [1.165, 1.54) is 75.5 Å². The molecule has 10 aromatic carbocycles. The molecule has 1 aliphatic rings. The molecule has 3 heterocycles. The second-order valence-corrected chi connectivity index (χ2v) is 19.0. The van der Waals surface area contributed by atoms with Crippen LogP contribution in [0.2, 0.25) is 0 Å². The van der Waals surface area contributed by atoms with E-state index in [4.69, 9.17) is 15.0 Å². The van der Waals surface area contributed by atoms with Crippen LogP contribution in [0.4, 0.5) is 0 Å². The Morgan fingerprint density at radius 2 is 0.884 bits per heavy atom. The van der Waals surface area contributed by atoms with Crippen molar-refractivity contribution in [3.05, 3.63) is 265 Å². The summed E-state index contributed by atoms with van der Waals surface area (Å²) >= 11 is 1.81. The lowest BCUT2D eigenvalue weighted by atomic mass is 9.68. The van der Waals surface area contributed by atoms with E-state index in [9.17, 15) is 0 Å². The molecule has 0 amide bonds. The minimum Gasteiger partial charge on any atom is -0.309 e. The lowest BCUT2D eigenvalue weighted by Crippen LogP contribution is -2.28. The standard InChI is InChI=1S/C64H40N4S/c1-5-18-41(19-6-1)61-65-62(42-20-7-2-8-21-42)67-63(66-61)50-28-17-31-59-60(50)53-39-44(33-37-58(53)69-59)43-32-36-57-52(38-43)49-27-14-16-30-56(49)68(57)47-34-35-55-51(40-47)48-26-13-15-29-54(48)64(55,45-22-9-3-10-23-45)46-24-11-4-12-25-46/h1-40H. The van der Waals surface area contributed by atoms with Crippen molar-refractivity contribution >= 4 is 53.3 Å². The molecule has 5 heteroatoms. The van der Waals surface area contributed by atoms with E-state index in [-0.39, 0.29) is 0 Å². The fourth-order valence-electron chi connectivity index (χ4n) is 11.1. The zero-order valence-electron chi connectivity index (χ0n) is 37.3. The molecule has 3 aromatic heterocycles. The molecule has 4 nitrogen and oxygen atoms in total. The number of nitrogens with zero attached hydrogens (tertiary/aromatic N) is 4. The summed E-state index contributed by atoms with van der Waals surface area (Å²) in [5, 5.41) is 4.78. The summed E-state index contributed by atoms with van der Waals surface area (Å²) in [6, 6.07) is 87.7. The number of hydrogen-bond acceptors (Lipinski definition) is 4. The first kappa shape index (κ1) is 39.4. The normalized spacial score (nSPS) is 12.8. The van der Waals surface area contributed by atoms with Crippen molar-refractivity contribution in [3.8, 4) is 62.1 Å². The Kier molecular flexibility index (Phi) is 8.95. The number of benzene rings is 10. The molecule has 69 heavy (non-hydrogen) atoms. The zero-order valence-corrected chi connectivity index (χ0v) is 38.1. The Hall–Kier alpha value is -8.77. The molecule has 0 radical (unpaired) electrons. The third-order valence-corrected chi connectivity index (χ3v) is 15.3. The molecule has 0 fully saturated rings. The van der Waals surface area contributed by atoms with Crippen LogP contribution in [0.3, 0.4) is 0 Å². The van der Waals surface area contributed by atoms with Crippen LogP contribution in [-0.2, 0) is 5.41 Å². The molecule has 322 valence electrons. The van der Waals surface area contributed by atoms with E-state index >= 15 is 0 Å². The largest absolute Gasteiger partial charge is 0.309 e. The molecule has 14 rings (SSSR count). The Morgan fingerprint density at radius 3 is 1.59 bits per heavy atom. The predicted molar refractivity (Wildman–Crippen MR) is 286 cm³/mol. The first-order valence-corrected chi connectivity index (χ1v) is 24.2. The Morgan fingerprint density at radius 1 is 0.333 bits per heavy atom. The highest BCUT2D eigenvalue weighted by Crippen LogP contribution is 2.56. The first-order valence-electron chi connectivity index (χ1n) is 23.4. The maximum atomic E-state index is 5.15. The van der Waals surface area contributed by atoms with Gasteiger partial charge >= 0.3 is 0 Å². The number of thiophene rings is 1. The van der Waals surface area contributed by atoms with Crippen LogP contribution < -0.4 is 0 Å². The molecule has 0 atom stereocenters. The predicted octanol–water partition coefficient (Wildman–Crippen LogP) is 16.4. The van der Waals surface area contributed by atoms with Gasteiger partial charge in [-0.2, -0.15) is 0 Å². The van der Waals surface area contributed by atoms with Crippen LogP contribution in [0.15, 0.2) is 243 Å². The van der Waals surface area contributed by atoms with Gasteiger partial charge in [-0.15, -0.1) is 11.3 Å². The van der Waals surface area contributed by atoms with Crippen LogP contribution >= 0.6 is 11.3 Å². The summed E-state index contributed by atoms with van der Waals surface area (Å²) < 4.78 is 4.87. The first-order chi connectivity index (χ1) is 34.2. The lowest BCUT2D eigenvalue weighted by molar-refractivity contribution is 0.768. The highest BCUT2D eigenvalue weighted by Gasteiger charge is 2.46. The van der Waals surface area contributed by atoms with Crippen molar-refractivity contribution < 1.29 is 0 Å². The molecule has 13 aromatic rings. The maximum absolute atomic E-state index is 5.15. The van der Waals surface area contributed by atoms with Gasteiger partial charge in [0.05, 0.1) is 16.4 Å². The lowest BCUT2D eigenvalue weighted by Gasteiger charge is -2.33. The van der Waals surface area contributed by atoms with E-state index < -0.39 is 5.41 Å². The Labute approximate surface area is 403 Å². The van der Waals surface area contributed by atoms with Gasteiger partial charge in [-0.25, -0.2) is 15.0 Å². The van der Waals surface area contributed by atoms with Crippen LogP contribution in [0.5, 0.6) is 0 Å². The van der Waals surface area contributed by atoms with Crippen molar-refractivity contribution in [3.63, 3.8) is 0 Å². The van der Waals surface area contributed by atoms with Gasteiger partial charge in [-0.1, -0.05) is 194 Å². The number of aromatic nitrogens is 4. The van der Waals surface area contributed by atoms with Crippen LogP contribution in [-0.4, -0.2) is 19.5 Å². The molecular formula is C64H40N4S. The molecular weight excluding hydrogens is 857 g/mol. The molecule has 0 spiro atoms. The molecule has 0 unspecified atom stereocenters. The molecule has 0 bridgehead atoms. The quantitative estimate of drug-likeness (QED) is 0.160. The molecule has 0 saturated carbocycles. The van der Waals surface area contributed by atoms with Crippen molar-refractivity contribution in [2.24, 2.45) is 0 Å². The van der Waals surface area contributed by atoms with E-state index in [1.807, 2.05) is 47.7 Å². The molecule has 0 N–H and O–H groups in total. The number of para-hydroxylation sites is 1. The van der Waals surface area contributed by atoms with Gasteiger partial charge in [0.15, 0.2) is 17.5 Å². The average molecular weight is 897 g/mol. The molecule has 0 aliphatic heterocycles. The van der Waals surface area contributed by atoms with Crippen molar-refractivity contribution in [1.82, 2.24) is 19.5 Å². The zero-order chi connectivity index (χ0) is 45.5. The summed E-state index contributed by atoms with van der Waals surface area (Å²) in [5.74, 6) is 1.97. The number of rotatable bonds is 7. The summed E-state index contributed by atoms with van der Waals surface area (Å²) in [6.07, 6.45) is 0. The van der Waals surface area contributed by atoms with Gasteiger partial charge in [0.25, 0.3) is 0 Å². The monoisotopic (exact) mass is 896 g/mol. The van der Waals surface area contributed by atoms with Gasteiger partial charge < -0.3 is 4.57 Å². The van der Waals surface area contributed by atoms with E-state index in [0.29, 0.717) is 17.5 Å². The minimum atomic E-state index is -0.445. The van der Waals surface area contributed by atoms with Crippen molar-refractivity contribution in [2.45, 2.75) is 5.41 Å². The van der Waals surface area contributed by atoms with Crippen LogP contribution in [0.25, 0.3) is 104 Å². The van der Waals surface area contributed by atoms with E-state index in [0.717, 1.165) is 33.3 Å². The Bertz CT molecular complexity index is 4020. The summed E-state index contributed by atoms with van der Waals surface area (Å²) in [6.45, 7) is 0. The third kappa shape index (κ3) is 6.11. The highest BCUT2D eigenvalue weighted by molar-refractivity contribution is 7.26. The Balaban J connectivity index is 0.917. The minimum absolute atomic E-state index is 0.445. The number of hydrogen-bond donors (Lipinski definition) is 0. The topological polar surface area (TPSA) is 43.6 Å². The second kappa shape index (κ2) is 15.7. The second-order valence-electron chi connectivity index (χ2n) is 17.9. The van der Waals surface area contributed by atoms with Gasteiger partial charge in [0.2, 0.25) is 0 Å². The van der Waals surface area contributed by atoms with E-state index in [1.54, 1.807) is 0 Å².